The van der Waals surface area contributed by atoms with E-state index in [0.29, 0.717) is 0 Å². The summed E-state index contributed by atoms with van der Waals surface area (Å²) in [5.74, 6) is 0. The van der Waals surface area contributed by atoms with Gasteiger partial charge in [-0.3, -0.25) is 10.1 Å². The fourth-order valence-corrected chi connectivity index (χ4v) is 4.38. The van der Waals surface area contributed by atoms with Crippen LogP contribution in [-0.2, 0) is 21.3 Å². The van der Waals surface area contributed by atoms with Gasteiger partial charge in [-0.05, 0) is 17.5 Å². The smallest absolute Gasteiger partial charge is 0.289 e. The number of ether oxygens (including phenoxy) is 1. The van der Waals surface area contributed by atoms with Gasteiger partial charge in [-0.15, -0.1) is 11.3 Å². The maximum atomic E-state index is 12.9. The molecule has 0 atom stereocenters. The minimum absolute atomic E-state index is 0.114. The van der Waals surface area contributed by atoms with Crippen molar-refractivity contribution in [1.29, 1.82) is 0 Å². The van der Waals surface area contributed by atoms with Gasteiger partial charge in [0.1, 0.15) is 0 Å². The molecule has 2 rings (SSSR count). The van der Waals surface area contributed by atoms with E-state index in [1.165, 1.54) is 47.0 Å². The normalized spacial score (nSPS) is 11.7. The third-order valence-corrected chi connectivity index (χ3v) is 5.89. The first-order valence-corrected chi connectivity index (χ1v) is 9.03. The maximum absolute atomic E-state index is 12.9. The molecule has 124 valence electrons. The molecule has 1 aromatic carbocycles. The fourth-order valence-electron chi connectivity index (χ4n) is 2.02. The second-order valence-corrected chi connectivity index (χ2v) is 7.57. The summed E-state index contributed by atoms with van der Waals surface area (Å²) >= 11 is 1.43. The molecule has 0 unspecified atom stereocenters. The van der Waals surface area contributed by atoms with Crippen molar-refractivity contribution in [1.82, 2.24) is 4.31 Å². The molecular formula is C14H16N2O5S2. The summed E-state index contributed by atoms with van der Waals surface area (Å²) in [6.45, 7) is 0.462. The molecule has 0 aliphatic carbocycles. The number of hydrogen-bond donors (Lipinski definition) is 0. The molecule has 0 amide bonds. The Morgan fingerprint density at radius 1 is 1.26 bits per heavy atom. The van der Waals surface area contributed by atoms with Crippen molar-refractivity contribution in [3.8, 4) is 0 Å². The summed E-state index contributed by atoms with van der Waals surface area (Å²) in [6, 6.07) is 9.00. The van der Waals surface area contributed by atoms with Crippen molar-refractivity contribution in [3.05, 3.63) is 56.8 Å². The van der Waals surface area contributed by atoms with Crippen LogP contribution in [0.4, 0.5) is 5.69 Å². The van der Waals surface area contributed by atoms with Gasteiger partial charge >= 0.3 is 0 Å². The highest BCUT2D eigenvalue weighted by atomic mass is 32.2. The number of sulfonamides is 1. The molecule has 0 saturated heterocycles. The molecule has 9 heteroatoms. The lowest BCUT2D eigenvalue weighted by Crippen LogP contribution is -2.33. The molecular weight excluding hydrogens is 340 g/mol. The number of nitro groups is 1. The van der Waals surface area contributed by atoms with Gasteiger partial charge < -0.3 is 4.74 Å². The average Bonchev–Trinajstić information content (AvgIpc) is 3.04. The maximum Gasteiger partial charge on any atom is 0.289 e. The van der Waals surface area contributed by atoms with E-state index in [-0.39, 0.29) is 24.6 Å². The molecule has 7 nitrogen and oxygen atoms in total. The summed E-state index contributed by atoms with van der Waals surface area (Å²) in [7, 11) is -2.53. The predicted molar refractivity (Wildman–Crippen MR) is 86.9 cm³/mol. The van der Waals surface area contributed by atoms with Crippen molar-refractivity contribution in [3.63, 3.8) is 0 Å². The van der Waals surface area contributed by atoms with Gasteiger partial charge in [-0.1, -0.05) is 18.2 Å². The summed E-state index contributed by atoms with van der Waals surface area (Å²) in [4.78, 5) is 11.0. The number of benzene rings is 1. The Hall–Kier alpha value is -1.81. The highest BCUT2D eigenvalue weighted by molar-refractivity contribution is 7.89. The molecule has 23 heavy (non-hydrogen) atoms. The third-order valence-electron chi connectivity index (χ3n) is 3.14. The van der Waals surface area contributed by atoms with Crippen LogP contribution in [0.25, 0.3) is 0 Å². The Morgan fingerprint density at radius 3 is 2.61 bits per heavy atom. The largest absolute Gasteiger partial charge is 0.383 e. The molecule has 0 aliphatic rings. The molecule has 2 aromatic rings. The molecule has 1 heterocycles. The summed E-state index contributed by atoms with van der Waals surface area (Å²) in [5.41, 5.74) is -0.430. The molecule has 0 aliphatic heterocycles. The van der Waals surface area contributed by atoms with Crippen LogP contribution in [0.2, 0.25) is 0 Å². The minimum Gasteiger partial charge on any atom is -0.383 e. The summed E-state index contributed by atoms with van der Waals surface area (Å²) in [6.07, 6.45) is 0. The van der Waals surface area contributed by atoms with E-state index < -0.39 is 20.6 Å². The number of methoxy groups -OCH3 is 1. The van der Waals surface area contributed by atoms with Crippen LogP contribution in [0, 0.1) is 10.1 Å². The Bertz CT molecular complexity index is 759. The zero-order valence-electron chi connectivity index (χ0n) is 12.4. The SMILES string of the molecule is COCCN(Cc1cccs1)S(=O)(=O)c1ccccc1[N+](=O)[O-]. The van der Waals surface area contributed by atoms with Crippen molar-refractivity contribution >= 4 is 27.0 Å². The molecule has 1 aromatic heterocycles. The number of thiophene rings is 1. The van der Waals surface area contributed by atoms with E-state index in [1.54, 1.807) is 0 Å². The fraction of sp³-hybridized carbons (Fsp3) is 0.286. The Kier molecular flexibility index (Phi) is 5.83. The van der Waals surface area contributed by atoms with Crippen LogP contribution in [0.5, 0.6) is 0 Å². The van der Waals surface area contributed by atoms with E-state index in [0.717, 1.165) is 4.88 Å². The molecule has 0 fully saturated rings. The first kappa shape index (κ1) is 17.5. The minimum atomic E-state index is -4.01. The first-order valence-electron chi connectivity index (χ1n) is 6.71. The van der Waals surface area contributed by atoms with Gasteiger partial charge in [0.25, 0.3) is 5.69 Å². The number of nitro benzene ring substituents is 1. The monoisotopic (exact) mass is 356 g/mol. The molecule has 0 spiro atoms. The Morgan fingerprint density at radius 2 is 2.00 bits per heavy atom. The second-order valence-electron chi connectivity index (χ2n) is 4.64. The lowest BCUT2D eigenvalue weighted by Gasteiger charge is -2.21. The Labute approximate surface area is 138 Å². The van der Waals surface area contributed by atoms with Gasteiger partial charge in [0.15, 0.2) is 4.90 Å². The van der Waals surface area contributed by atoms with Crippen LogP contribution in [0.15, 0.2) is 46.7 Å². The lowest BCUT2D eigenvalue weighted by atomic mass is 10.3. The van der Waals surface area contributed by atoms with Gasteiger partial charge in [-0.25, -0.2) is 8.42 Å². The van der Waals surface area contributed by atoms with E-state index in [9.17, 15) is 18.5 Å². The summed E-state index contributed by atoms with van der Waals surface area (Å²) in [5, 5.41) is 13.0. The topological polar surface area (TPSA) is 89.8 Å². The second kappa shape index (κ2) is 7.64. The molecule has 0 N–H and O–H groups in total. The van der Waals surface area contributed by atoms with Gasteiger partial charge in [0.05, 0.1) is 11.5 Å². The average molecular weight is 356 g/mol. The summed E-state index contributed by atoms with van der Waals surface area (Å²) < 4.78 is 31.9. The Balaban J connectivity index is 2.41. The third kappa shape index (κ3) is 4.14. The molecule has 0 radical (unpaired) electrons. The lowest BCUT2D eigenvalue weighted by molar-refractivity contribution is -0.387. The van der Waals surface area contributed by atoms with E-state index in [1.807, 2.05) is 17.5 Å². The number of rotatable bonds is 8. The van der Waals surface area contributed by atoms with Crippen LogP contribution in [0.3, 0.4) is 0 Å². The van der Waals surface area contributed by atoms with Crippen LogP contribution >= 0.6 is 11.3 Å². The van der Waals surface area contributed by atoms with E-state index >= 15 is 0 Å². The molecule has 0 bridgehead atoms. The standard InChI is InChI=1S/C14H16N2O5S2/c1-21-9-8-15(11-12-5-4-10-22-12)23(19,20)14-7-3-2-6-13(14)16(17)18/h2-7,10H,8-9,11H2,1H3. The van der Waals surface area contributed by atoms with Gasteiger partial charge in [-0.2, -0.15) is 4.31 Å². The van der Waals surface area contributed by atoms with Crippen LogP contribution in [-0.4, -0.2) is 37.9 Å². The number of hydrogen-bond acceptors (Lipinski definition) is 6. The van der Waals surface area contributed by atoms with Crippen molar-refractivity contribution in [2.24, 2.45) is 0 Å². The number of para-hydroxylation sites is 1. The zero-order chi connectivity index (χ0) is 16.9. The molecule has 0 saturated carbocycles. The van der Waals surface area contributed by atoms with Gasteiger partial charge in [0.2, 0.25) is 10.0 Å². The van der Waals surface area contributed by atoms with E-state index in [4.69, 9.17) is 4.74 Å². The van der Waals surface area contributed by atoms with Crippen molar-refractivity contribution < 1.29 is 18.1 Å². The zero-order valence-corrected chi connectivity index (χ0v) is 14.0. The van der Waals surface area contributed by atoms with Crippen LogP contribution in [0.1, 0.15) is 4.88 Å². The van der Waals surface area contributed by atoms with E-state index in [2.05, 4.69) is 0 Å². The highest BCUT2D eigenvalue weighted by Gasteiger charge is 2.31. The van der Waals surface area contributed by atoms with Crippen molar-refractivity contribution in [2.45, 2.75) is 11.4 Å². The van der Waals surface area contributed by atoms with Gasteiger partial charge in [0, 0.05) is 31.1 Å². The predicted octanol–water partition coefficient (Wildman–Crippen LogP) is 2.49. The highest BCUT2D eigenvalue weighted by Crippen LogP contribution is 2.27. The quantitative estimate of drug-likeness (QED) is 0.535. The van der Waals surface area contributed by atoms with Crippen LogP contribution < -0.4 is 0 Å². The number of nitrogens with zero attached hydrogens (tertiary/aromatic N) is 2. The van der Waals surface area contributed by atoms with Crippen molar-refractivity contribution in [2.75, 3.05) is 20.3 Å². The first-order chi connectivity index (χ1) is 11.0.